The number of rotatable bonds is 3. The highest BCUT2D eigenvalue weighted by molar-refractivity contribution is 5.94. The van der Waals surface area contributed by atoms with Crippen LogP contribution in [0.3, 0.4) is 0 Å². The Kier molecular flexibility index (Phi) is 3.40. The zero-order valence-corrected chi connectivity index (χ0v) is 6.90. The number of carbonyl (C=O) groups is 1. The molecule has 0 radical (unpaired) electrons. The van der Waals surface area contributed by atoms with E-state index in [1.807, 2.05) is 6.92 Å². The van der Waals surface area contributed by atoms with E-state index in [9.17, 15) is 4.79 Å². The molecule has 1 N–H and O–H groups in total. The van der Waals surface area contributed by atoms with Gasteiger partial charge in [0.25, 0.3) is 0 Å². The second-order valence-corrected chi connectivity index (χ2v) is 2.39. The molecule has 4 nitrogen and oxygen atoms in total. The lowest BCUT2D eigenvalue weighted by molar-refractivity contribution is -0.167. The third-order valence-corrected chi connectivity index (χ3v) is 1.53. The van der Waals surface area contributed by atoms with Crippen LogP contribution in [0.2, 0.25) is 0 Å². The summed E-state index contributed by atoms with van der Waals surface area (Å²) in [6.45, 7) is 2.05. The first kappa shape index (κ1) is 9.38. The fourth-order valence-corrected chi connectivity index (χ4v) is 0.947. The molecule has 0 bridgehead atoms. The van der Waals surface area contributed by atoms with E-state index in [0.29, 0.717) is 6.61 Å². The quantitative estimate of drug-likeness (QED) is 0.644. The molecule has 0 unspecified atom stereocenters. The molecule has 0 aromatic heterocycles. The number of hydrogen-bond acceptors (Lipinski definition) is 4. The predicted octanol–water partition coefficient (Wildman–Crippen LogP) is -0.135. The molecule has 0 amide bonds. The smallest absolute Gasteiger partial charge is 0.186 e. The molecule has 68 valence electrons. The summed E-state index contributed by atoms with van der Waals surface area (Å²) in [6.07, 6.45) is 1.67. The average Bonchev–Trinajstić information content (AvgIpc) is 2.09. The van der Waals surface area contributed by atoms with Crippen molar-refractivity contribution in [1.29, 1.82) is 0 Å². The van der Waals surface area contributed by atoms with Gasteiger partial charge < -0.3 is 14.6 Å². The molecule has 12 heavy (non-hydrogen) atoms. The van der Waals surface area contributed by atoms with E-state index in [-0.39, 0.29) is 12.4 Å². The summed E-state index contributed by atoms with van der Waals surface area (Å²) in [4.78, 5) is 10.9. The Morgan fingerprint density at radius 1 is 1.75 bits per heavy atom. The molecular weight excluding hydrogens is 160 g/mol. The average molecular weight is 172 g/mol. The van der Waals surface area contributed by atoms with Gasteiger partial charge in [0.15, 0.2) is 12.1 Å². The molecule has 0 aromatic rings. The maximum absolute atomic E-state index is 10.9. The first-order valence-corrected chi connectivity index (χ1v) is 3.88. The standard InChI is InChI=1S/C8H12O4/c1-2-11-8-4-3-6(10)7(5-9)12-8/h3-4,7-9H,2,5H2,1H3/t7-,8-/m0/s1. The summed E-state index contributed by atoms with van der Waals surface area (Å²) >= 11 is 0. The number of carbonyl (C=O) groups excluding carboxylic acids is 1. The molecule has 2 atom stereocenters. The Bertz CT molecular complexity index is 187. The molecule has 1 rings (SSSR count). The van der Waals surface area contributed by atoms with Crippen molar-refractivity contribution in [3.8, 4) is 0 Å². The number of hydrogen-bond donors (Lipinski definition) is 1. The van der Waals surface area contributed by atoms with Gasteiger partial charge in [-0.05, 0) is 19.1 Å². The van der Waals surface area contributed by atoms with Crippen molar-refractivity contribution in [2.45, 2.75) is 19.3 Å². The fourth-order valence-electron chi connectivity index (χ4n) is 0.947. The van der Waals surface area contributed by atoms with Gasteiger partial charge in [-0.3, -0.25) is 4.79 Å². The van der Waals surface area contributed by atoms with Crippen molar-refractivity contribution >= 4 is 5.78 Å². The molecule has 1 aliphatic heterocycles. The molecule has 1 aliphatic rings. The normalized spacial score (nSPS) is 29.3. The van der Waals surface area contributed by atoms with Gasteiger partial charge in [-0.15, -0.1) is 0 Å². The van der Waals surface area contributed by atoms with Crippen molar-refractivity contribution in [1.82, 2.24) is 0 Å². The summed E-state index contributed by atoms with van der Waals surface area (Å²) in [5.74, 6) is -0.214. The Balaban J connectivity index is 2.52. The fraction of sp³-hybridized carbons (Fsp3) is 0.625. The number of ketones is 1. The lowest BCUT2D eigenvalue weighted by Crippen LogP contribution is -2.35. The minimum absolute atomic E-state index is 0.214. The molecule has 0 fully saturated rings. The first-order chi connectivity index (χ1) is 5.77. The van der Waals surface area contributed by atoms with Crippen LogP contribution in [0.4, 0.5) is 0 Å². The van der Waals surface area contributed by atoms with Crippen LogP contribution in [-0.2, 0) is 14.3 Å². The first-order valence-electron chi connectivity index (χ1n) is 3.88. The van der Waals surface area contributed by atoms with Gasteiger partial charge in [-0.25, -0.2) is 0 Å². The number of ether oxygens (including phenoxy) is 2. The van der Waals surface area contributed by atoms with Crippen LogP contribution >= 0.6 is 0 Å². The van der Waals surface area contributed by atoms with Crippen LogP contribution in [0.5, 0.6) is 0 Å². The topological polar surface area (TPSA) is 55.8 Å². The minimum atomic E-state index is -0.758. The molecule has 0 saturated carbocycles. The molecule has 0 spiro atoms. The van der Waals surface area contributed by atoms with Crippen molar-refractivity contribution in [3.63, 3.8) is 0 Å². The molecule has 1 heterocycles. The Hall–Kier alpha value is -0.710. The van der Waals surface area contributed by atoms with Crippen molar-refractivity contribution in [2.75, 3.05) is 13.2 Å². The summed E-state index contributed by atoms with van der Waals surface area (Å²) < 4.78 is 10.2. The highest BCUT2D eigenvalue weighted by Crippen LogP contribution is 2.09. The zero-order chi connectivity index (χ0) is 8.97. The SMILES string of the molecule is CCO[C@@H]1C=CC(=O)[C@H](CO)O1. The van der Waals surface area contributed by atoms with E-state index in [2.05, 4.69) is 0 Å². The third-order valence-electron chi connectivity index (χ3n) is 1.53. The van der Waals surface area contributed by atoms with E-state index in [1.54, 1.807) is 0 Å². The second kappa shape index (κ2) is 4.35. The van der Waals surface area contributed by atoms with E-state index >= 15 is 0 Å². The molecule has 4 heteroatoms. The largest absolute Gasteiger partial charge is 0.393 e. The summed E-state index contributed by atoms with van der Waals surface area (Å²) in [5, 5.41) is 8.71. The van der Waals surface area contributed by atoms with Crippen LogP contribution in [0.25, 0.3) is 0 Å². The van der Waals surface area contributed by atoms with Crippen molar-refractivity contribution in [3.05, 3.63) is 12.2 Å². The Morgan fingerprint density at radius 2 is 2.50 bits per heavy atom. The van der Waals surface area contributed by atoms with E-state index < -0.39 is 12.4 Å². The Morgan fingerprint density at radius 3 is 3.08 bits per heavy atom. The number of aliphatic hydroxyl groups is 1. The van der Waals surface area contributed by atoms with Crippen LogP contribution in [0.1, 0.15) is 6.92 Å². The monoisotopic (exact) mass is 172 g/mol. The summed E-state index contributed by atoms with van der Waals surface area (Å²) in [7, 11) is 0. The van der Waals surface area contributed by atoms with Crippen LogP contribution in [0, 0.1) is 0 Å². The van der Waals surface area contributed by atoms with Gasteiger partial charge in [-0.1, -0.05) is 0 Å². The molecule has 0 saturated heterocycles. The second-order valence-electron chi connectivity index (χ2n) is 2.39. The predicted molar refractivity (Wildman–Crippen MR) is 41.5 cm³/mol. The van der Waals surface area contributed by atoms with Gasteiger partial charge in [0.05, 0.1) is 6.61 Å². The highest BCUT2D eigenvalue weighted by Gasteiger charge is 2.24. The third kappa shape index (κ3) is 2.14. The number of aliphatic hydroxyl groups excluding tert-OH is 1. The highest BCUT2D eigenvalue weighted by atomic mass is 16.7. The maximum Gasteiger partial charge on any atom is 0.186 e. The lowest BCUT2D eigenvalue weighted by Gasteiger charge is -2.22. The summed E-state index contributed by atoms with van der Waals surface area (Å²) in [6, 6.07) is 0. The van der Waals surface area contributed by atoms with Gasteiger partial charge >= 0.3 is 0 Å². The summed E-state index contributed by atoms with van der Waals surface area (Å²) in [5.41, 5.74) is 0. The lowest BCUT2D eigenvalue weighted by atomic mass is 10.2. The van der Waals surface area contributed by atoms with Crippen LogP contribution in [0.15, 0.2) is 12.2 Å². The maximum atomic E-state index is 10.9. The minimum Gasteiger partial charge on any atom is -0.393 e. The van der Waals surface area contributed by atoms with Gasteiger partial charge in [0.2, 0.25) is 0 Å². The van der Waals surface area contributed by atoms with Gasteiger partial charge in [-0.2, -0.15) is 0 Å². The van der Waals surface area contributed by atoms with Crippen LogP contribution < -0.4 is 0 Å². The molecule has 0 aliphatic carbocycles. The van der Waals surface area contributed by atoms with E-state index in [0.717, 1.165) is 0 Å². The van der Waals surface area contributed by atoms with Crippen LogP contribution in [-0.4, -0.2) is 36.5 Å². The van der Waals surface area contributed by atoms with E-state index in [1.165, 1.54) is 12.2 Å². The molecular formula is C8H12O4. The van der Waals surface area contributed by atoms with E-state index in [4.69, 9.17) is 14.6 Å². The van der Waals surface area contributed by atoms with Crippen molar-refractivity contribution < 1.29 is 19.4 Å². The Labute approximate surface area is 70.8 Å². The molecule has 0 aromatic carbocycles. The van der Waals surface area contributed by atoms with Gasteiger partial charge in [0, 0.05) is 6.61 Å². The van der Waals surface area contributed by atoms with Gasteiger partial charge in [0.1, 0.15) is 6.10 Å². The zero-order valence-electron chi connectivity index (χ0n) is 6.90. The van der Waals surface area contributed by atoms with Crippen molar-refractivity contribution in [2.24, 2.45) is 0 Å².